The van der Waals surface area contributed by atoms with Gasteiger partial charge in [-0.1, -0.05) is 30.3 Å². The number of aryl methyl sites for hydroxylation is 2. The Morgan fingerprint density at radius 3 is 2.59 bits per heavy atom. The third-order valence-electron chi connectivity index (χ3n) is 5.39. The van der Waals surface area contributed by atoms with Crippen molar-refractivity contribution >= 4 is 11.6 Å². The summed E-state index contributed by atoms with van der Waals surface area (Å²) in [5.74, 6) is 0.517. The van der Waals surface area contributed by atoms with Gasteiger partial charge in [-0.2, -0.15) is 5.10 Å². The smallest absolute Gasteiger partial charge is 0.312 e. The quantitative estimate of drug-likeness (QED) is 0.617. The molecule has 3 rings (SSSR count). The van der Waals surface area contributed by atoms with Gasteiger partial charge in [-0.3, -0.25) is 19.6 Å². The number of hydrogen-bond donors (Lipinski definition) is 1. The molecule has 1 aliphatic rings. The van der Waals surface area contributed by atoms with Crippen molar-refractivity contribution in [1.82, 2.24) is 14.7 Å². The van der Waals surface area contributed by atoms with E-state index in [9.17, 15) is 14.9 Å². The number of nitrogens with zero attached hydrogens (tertiary/aromatic N) is 4. The SMILES string of the molecule is Cc1nn(CCC(=O)N2C[C@@H](CN)[C@H](c3ccccc3)C2)c(C)c1[N+](=O)[O-]. The second-order valence-electron chi connectivity index (χ2n) is 7.06. The average molecular weight is 371 g/mol. The van der Waals surface area contributed by atoms with E-state index >= 15 is 0 Å². The maximum atomic E-state index is 12.7. The molecule has 1 amide bonds. The Morgan fingerprint density at radius 1 is 1.30 bits per heavy atom. The second-order valence-corrected chi connectivity index (χ2v) is 7.06. The van der Waals surface area contributed by atoms with E-state index in [1.807, 2.05) is 23.1 Å². The molecule has 2 aromatic rings. The fourth-order valence-electron chi connectivity index (χ4n) is 3.92. The van der Waals surface area contributed by atoms with Gasteiger partial charge in [0, 0.05) is 25.4 Å². The third-order valence-corrected chi connectivity index (χ3v) is 5.39. The number of aromatic nitrogens is 2. The van der Waals surface area contributed by atoms with Crippen LogP contribution >= 0.6 is 0 Å². The molecule has 8 heteroatoms. The summed E-state index contributed by atoms with van der Waals surface area (Å²) in [5.41, 5.74) is 8.02. The molecule has 1 fully saturated rings. The molecule has 2 atom stereocenters. The summed E-state index contributed by atoms with van der Waals surface area (Å²) in [6.07, 6.45) is 0.262. The molecule has 8 nitrogen and oxygen atoms in total. The van der Waals surface area contributed by atoms with Crippen molar-refractivity contribution in [3.8, 4) is 0 Å². The van der Waals surface area contributed by atoms with Crippen molar-refractivity contribution in [1.29, 1.82) is 0 Å². The van der Waals surface area contributed by atoms with Crippen LogP contribution in [0.5, 0.6) is 0 Å². The molecule has 27 heavy (non-hydrogen) atoms. The first-order chi connectivity index (χ1) is 12.9. The Morgan fingerprint density at radius 2 is 2.00 bits per heavy atom. The zero-order valence-electron chi connectivity index (χ0n) is 15.7. The van der Waals surface area contributed by atoms with E-state index in [0.29, 0.717) is 37.6 Å². The fraction of sp³-hybridized carbons (Fsp3) is 0.474. The minimum Gasteiger partial charge on any atom is -0.342 e. The van der Waals surface area contributed by atoms with Crippen molar-refractivity contribution in [3.63, 3.8) is 0 Å². The highest BCUT2D eigenvalue weighted by atomic mass is 16.6. The Balaban J connectivity index is 1.65. The van der Waals surface area contributed by atoms with Crippen LogP contribution in [-0.2, 0) is 11.3 Å². The van der Waals surface area contributed by atoms with Crippen LogP contribution in [-0.4, -0.2) is 45.1 Å². The van der Waals surface area contributed by atoms with Crippen LogP contribution in [0.15, 0.2) is 30.3 Å². The van der Waals surface area contributed by atoms with E-state index in [1.165, 1.54) is 5.56 Å². The van der Waals surface area contributed by atoms with E-state index in [0.717, 1.165) is 0 Å². The highest BCUT2D eigenvalue weighted by Gasteiger charge is 2.35. The van der Waals surface area contributed by atoms with Crippen molar-refractivity contribution in [2.75, 3.05) is 19.6 Å². The summed E-state index contributed by atoms with van der Waals surface area (Å²) in [4.78, 5) is 25.2. The molecule has 0 bridgehead atoms. The molecule has 1 saturated heterocycles. The number of amides is 1. The molecule has 0 unspecified atom stereocenters. The highest BCUT2D eigenvalue weighted by Crippen LogP contribution is 2.32. The van der Waals surface area contributed by atoms with Crippen LogP contribution in [0.25, 0.3) is 0 Å². The number of carbonyl (C=O) groups excluding carboxylic acids is 1. The van der Waals surface area contributed by atoms with Gasteiger partial charge in [0.25, 0.3) is 0 Å². The van der Waals surface area contributed by atoms with Crippen molar-refractivity contribution in [2.24, 2.45) is 11.7 Å². The van der Waals surface area contributed by atoms with Crippen molar-refractivity contribution in [2.45, 2.75) is 32.7 Å². The lowest BCUT2D eigenvalue weighted by molar-refractivity contribution is -0.386. The molecule has 0 saturated carbocycles. The number of carbonyl (C=O) groups is 1. The van der Waals surface area contributed by atoms with Crippen LogP contribution in [0.1, 0.15) is 29.3 Å². The lowest BCUT2D eigenvalue weighted by atomic mass is 9.89. The molecule has 1 aromatic heterocycles. The zero-order valence-corrected chi connectivity index (χ0v) is 15.7. The van der Waals surface area contributed by atoms with Gasteiger partial charge in [-0.15, -0.1) is 0 Å². The Kier molecular flexibility index (Phi) is 5.55. The summed E-state index contributed by atoms with van der Waals surface area (Å²) in [6.45, 7) is 5.44. The van der Waals surface area contributed by atoms with E-state index in [2.05, 4.69) is 17.2 Å². The standard InChI is InChI=1S/C19H25N5O3/c1-13-19(24(26)27)14(2)23(21-13)9-8-18(25)22-11-16(10-20)17(12-22)15-6-4-3-5-7-15/h3-7,16-17H,8-12,20H2,1-2H3/t16-,17+/m1/s1. The van der Waals surface area contributed by atoms with Gasteiger partial charge in [0.1, 0.15) is 11.4 Å². The summed E-state index contributed by atoms with van der Waals surface area (Å²) >= 11 is 0. The number of likely N-dealkylation sites (tertiary alicyclic amines) is 1. The van der Waals surface area contributed by atoms with Gasteiger partial charge in [-0.05, 0) is 31.9 Å². The first kappa shape index (κ1) is 19.0. The van der Waals surface area contributed by atoms with E-state index in [1.54, 1.807) is 18.5 Å². The van der Waals surface area contributed by atoms with E-state index in [4.69, 9.17) is 5.73 Å². The summed E-state index contributed by atoms with van der Waals surface area (Å²) < 4.78 is 1.55. The van der Waals surface area contributed by atoms with Crippen molar-refractivity contribution < 1.29 is 9.72 Å². The normalized spacial score (nSPS) is 19.4. The highest BCUT2D eigenvalue weighted by molar-refractivity contribution is 5.76. The van der Waals surface area contributed by atoms with Gasteiger partial charge in [-0.25, -0.2) is 0 Å². The maximum Gasteiger partial charge on any atom is 0.312 e. The van der Waals surface area contributed by atoms with Crippen molar-refractivity contribution in [3.05, 3.63) is 57.4 Å². The lowest BCUT2D eigenvalue weighted by Crippen LogP contribution is -2.30. The van der Waals surface area contributed by atoms with Crippen LogP contribution in [0.2, 0.25) is 0 Å². The molecule has 2 heterocycles. The molecule has 1 aromatic carbocycles. The molecular weight excluding hydrogens is 346 g/mol. The predicted molar refractivity (Wildman–Crippen MR) is 101 cm³/mol. The number of rotatable bonds is 6. The van der Waals surface area contributed by atoms with Crippen LogP contribution in [0, 0.1) is 29.9 Å². The topological polar surface area (TPSA) is 107 Å². The summed E-state index contributed by atoms with van der Waals surface area (Å²) in [7, 11) is 0. The monoisotopic (exact) mass is 371 g/mol. The van der Waals surface area contributed by atoms with Gasteiger partial charge in [0.05, 0.1) is 11.5 Å². The zero-order chi connectivity index (χ0) is 19.6. The van der Waals surface area contributed by atoms with Crippen LogP contribution in [0.3, 0.4) is 0 Å². The maximum absolute atomic E-state index is 12.7. The molecule has 0 radical (unpaired) electrons. The number of nitro groups is 1. The van der Waals surface area contributed by atoms with Crippen LogP contribution < -0.4 is 5.73 Å². The van der Waals surface area contributed by atoms with E-state index in [-0.39, 0.29) is 29.9 Å². The van der Waals surface area contributed by atoms with Gasteiger partial charge >= 0.3 is 5.69 Å². The number of benzene rings is 1. The largest absolute Gasteiger partial charge is 0.342 e. The molecule has 2 N–H and O–H groups in total. The second kappa shape index (κ2) is 7.87. The molecule has 144 valence electrons. The third kappa shape index (κ3) is 3.85. The summed E-state index contributed by atoms with van der Waals surface area (Å²) in [5, 5.41) is 15.3. The first-order valence-corrected chi connectivity index (χ1v) is 9.13. The first-order valence-electron chi connectivity index (χ1n) is 9.13. The minimum atomic E-state index is -0.424. The number of nitrogens with two attached hydrogens (primary N) is 1. The molecule has 0 aliphatic carbocycles. The molecule has 1 aliphatic heterocycles. The molecule has 0 spiro atoms. The Bertz CT molecular complexity index is 833. The fourth-order valence-corrected chi connectivity index (χ4v) is 3.92. The minimum absolute atomic E-state index is 0.0240. The Labute approximate surface area is 158 Å². The summed E-state index contributed by atoms with van der Waals surface area (Å²) in [6, 6.07) is 10.1. The lowest BCUT2D eigenvalue weighted by Gasteiger charge is -2.17. The average Bonchev–Trinajstić information content (AvgIpc) is 3.21. The Hall–Kier alpha value is -2.74. The van der Waals surface area contributed by atoms with Gasteiger partial charge in [0.2, 0.25) is 5.91 Å². The van der Waals surface area contributed by atoms with Gasteiger partial charge < -0.3 is 10.6 Å². The predicted octanol–water partition coefficient (Wildman–Crippen LogP) is 2.00. The molecular formula is C19H25N5O3. The van der Waals surface area contributed by atoms with E-state index < -0.39 is 4.92 Å². The number of hydrogen-bond acceptors (Lipinski definition) is 5. The van der Waals surface area contributed by atoms with Gasteiger partial charge in [0.15, 0.2) is 0 Å². The van der Waals surface area contributed by atoms with Crippen LogP contribution in [0.4, 0.5) is 5.69 Å².